The van der Waals surface area contributed by atoms with E-state index in [1.807, 2.05) is 13.8 Å². The summed E-state index contributed by atoms with van der Waals surface area (Å²) in [6.45, 7) is 3.18. The SMILES string of the molecule is CC(C)(CF)CC(Oc1ccc(Cl)cc1Cl)n1cncn1. The molecule has 0 saturated heterocycles. The maximum Gasteiger partial charge on any atom is 0.193 e. The van der Waals surface area contributed by atoms with E-state index in [2.05, 4.69) is 10.1 Å². The van der Waals surface area contributed by atoms with Gasteiger partial charge in [-0.2, -0.15) is 5.10 Å². The standard InChI is InChI=1S/C14H16Cl2FN3O/c1-14(2,7-17)6-13(20-9-18-8-19-20)21-12-4-3-10(15)5-11(12)16/h3-5,8-9,13H,6-7H2,1-2H3. The second-order valence-corrected chi connectivity index (χ2v) is 6.37. The average molecular weight is 332 g/mol. The van der Waals surface area contributed by atoms with Crippen LogP contribution in [0, 0.1) is 5.41 Å². The van der Waals surface area contributed by atoms with Crippen LogP contribution in [0.2, 0.25) is 10.0 Å². The van der Waals surface area contributed by atoms with Crippen LogP contribution in [0.15, 0.2) is 30.9 Å². The van der Waals surface area contributed by atoms with Gasteiger partial charge in [0.15, 0.2) is 6.23 Å². The molecule has 2 rings (SSSR count). The van der Waals surface area contributed by atoms with Crippen LogP contribution in [0.1, 0.15) is 26.5 Å². The minimum Gasteiger partial charge on any atom is -0.467 e. The lowest BCUT2D eigenvalue weighted by Crippen LogP contribution is -2.26. The molecule has 0 bridgehead atoms. The molecule has 0 saturated carbocycles. The average Bonchev–Trinajstić information content (AvgIpc) is 2.95. The highest BCUT2D eigenvalue weighted by Crippen LogP contribution is 2.34. The highest BCUT2D eigenvalue weighted by atomic mass is 35.5. The molecular weight excluding hydrogens is 316 g/mol. The Kier molecular flexibility index (Phi) is 5.06. The molecule has 21 heavy (non-hydrogen) atoms. The van der Waals surface area contributed by atoms with Gasteiger partial charge >= 0.3 is 0 Å². The number of aromatic nitrogens is 3. The number of benzene rings is 1. The Hall–Kier alpha value is -1.33. The zero-order valence-electron chi connectivity index (χ0n) is 11.8. The van der Waals surface area contributed by atoms with Crippen LogP contribution in [-0.4, -0.2) is 21.4 Å². The van der Waals surface area contributed by atoms with Crippen LogP contribution in [0.3, 0.4) is 0 Å². The second kappa shape index (κ2) is 6.62. The van der Waals surface area contributed by atoms with Crippen LogP contribution in [0.5, 0.6) is 5.75 Å². The summed E-state index contributed by atoms with van der Waals surface area (Å²) in [5, 5.41) is 4.98. The summed E-state index contributed by atoms with van der Waals surface area (Å²) in [4.78, 5) is 3.90. The van der Waals surface area contributed by atoms with Crippen molar-refractivity contribution < 1.29 is 9.13 Å². The summed E-state index contributed by atoms with van der Waals surface area (Å²) < 4.78 is 20.5. The van der Waals surface area contributed by atoms with Crippen molar-refractivity contribution in [1.82, 2.24) is 14.8 Å². The van der Waals surface area contributed by atoms with Gasteiger partial charge in [0.25, 0.3) is 0 Å². The van der Waals surface area contributed by atoms with Gasteiger partial charge in [-0.15, -0.1) is 0 Å². The molecule has 1 unspecified atom stereocenters. The zero-order valence-corrected chi connectivity index (χ0v) is 13.3. The zero-order chi connectivity index (χ0) is 15.5. The van der Waals surface area contributed by atoms with E-state index in [9.17, 15) is 4.39 Å². The Labute approximate surface area is 132 Å². The molecule has 1 atom stereocenters. The van der Waals surface area contributed by atoms with Gasteiger partial charge in [-0.1, -0.05) is 37.0 Å². The molecule has 0 spiro atoms. The van der Waals surface area contributed by atoms with E-state index in [4.69, 9.17) is 27.9 Å². The first-order valence-corrected chi connectivity index (χ1v) is 7.19. The van der Waals surface area contributed by atoms with Gasteiger partial charge in [0.1, 0.15) is 18.4 Å². The molecule has 0 amide bonds. The summed E-state index contributed by atoms with van der Waals surface area (Å²) in [6, 6.07) is 4.95. The van der Waals surface area contributed by atoms with Crippen molar-refractivity contribution in [3.63, 3.8) is 0 Å². The highest BCUT2D eigenvalue weighted by molar-refractivity contribution is 6.35. The Bertz CT molecular complexity index is 590. The van der Waals surface area contributed by atoms with Gasteiger partial charge in [-0.3, -0.25) is 4.39 Å². The van der Waals surface area contributed by atoms with Crippen molar-refractivity contribution in [3.05, 3.63) is 40.9 Å². The Morgan fingerprint density at radius 3 is 2.71 bits per heavy atom. The van der Waals surface area contributed by atoms with E-state index in [-0.39, 0.29) is 0 Å². The van der Waals surface area contributed by atoms with Gasteiger partial charge in [0.2, 0.25) is 0 Å². The monoisotopic (exact) mass is 331 g/mol. The summed E-state index contributed by atoms with van der Waals surface area (Å²) in [5.74, 6) is 0.469. The van der Waals surface area contributed by atoms with E-state index in [0.29, 0.717) is 22.2 Å². The molecule has 0 aliphatic rings. The van der Waals surface area contributed by atoms with Crippen molar-refractivity contribution >= 4 is 23.2 Å². The molecule has 1 aromatic heterocycles. The van der Waals surface area contributed by atoms with Crippen LogP contribution in [0.25, 0.3) is 0 Å². The van der Waals surface area contributed by atoms with E-state index in [1.54, 1.807) is 22.9 Å². The van der Waals surface area contributed by atoms with Gasteiger partial charge in [0.05, 0.1) is 11.7 Å². The van der Waals surface area contributed by atoms with Gasteiger partial charge in [0, 0.05) is 11.4 Å². The molecule has 0 N–H and O–H groups in total. The first kappa shape index (κ1) is 16.0. The fourth-order valence-electron chi connectivity index (χ4n) is 1.80. The first-order chi connectivity index (χ1) is 9.91. The molecular formula is C14H16Cl2FN3O. The number of hydrogen-bond acceptors (Lipinski definition) is 3. The van der Waals surface area contributed by atoms with Crippen LogP contribution < -0.4 is 4.74 Å². The van der Waals surface area contributed by atoms with Gasteiger partial charge in [-0.25, -0.2) is 9.67 Å². The Morgan fingerprint density at radius 2 is 2.14 bits per heavy atom. The third-order valence-corrected chi connectivity index (χ3v) is 3.51. The van der Waals surface area contributed by atoms with Gasteiger partial charge in [-0.05, 0) is 23.6 Å². The molecule has 0 fully saturated rings. The highest BCUT2D eigenvalue weighted by Gasteiger charge is 2.27. The van der Waals surface area contributed by atoms with Crippen molar-refractivity contribution in [3.8, 4) is 5.75 Å². The first-order valence-electron chi connectivity index (χ1n) is 6.43. The number of nitrogens with zero attached hydrogens (tertiary/aromatic N) is 3. The number of rotatable bonds is 6. The lowest BCUT2D eigenvalue weighted by molar-refractivity contribution is 0.0559. The fourth-order valence-corrected chi connectivity index (χ4v) is 2.25. The summed E-state index contributed by atoms with van der Waals surface area (Å²) >= 11 is 12.0. The Morgan fingerprint density at radius 1 is 1.38 bits per heavy atom. The minimum atomic E-state index is -0.546. The van der Waals surface area contributed by atoms with Crippen molar-refractivity contribution in [2.24, 2.45) is 5.41 Å². The van der Waals surface area contributed by atoms with Crippen LogP contribution >= 0.6 is 23.2 Å². The van der Waals surface area contributed by atoms with Crippen molar-refractivity contribution in [2.75, 3.05) is 6.67 Å². The maximum atomic E-state index is 13.1. The lowest BCUT2D eigenvalue weighted by atomic mass is 9.90. The molecule has 0 radical (unpaired) electrons. The number of alkyl halides is 1. The smallest absolute Gasteiger partial charge is 0.193 e. The molecule has 1 aromatic carbocycles. The van der Waals surface area contributed by atoms with Crippen molar-refractivity contribution in [2.45, 2.75) is 26.5 Å². The quantitative estimate of drug-likeness (QED) is 0.779. The third kappa shape index (κ3) is 4.32. The maximum absolute atomic E-state index is 13.1. The third-order valence-electron chi connectivity index (χ3n) is 2.98. The van der Waals surface area contributed by atoms with E-state index in [0.717, 1.165) is 0 Å². The molecule has 7 heteroatoms. The number of halogens is 3. The number of hydrogen-bond donors (Lipinski definition) is 0. The van der Waals surface area contributed by atoms with Crippen molar-refractivity contribution in [1.29, 1.82) is 0 Å². The van der Waals surface area contributed by atoms with E-state index >= 15 is 0 Å². The van der Waals surface area contributed by atoms with Crippen LogP contribution in [0.4, 0.5) is 4.39 Å². The summed E-state index contributed by atoms with van der Waals surface area (Å²) in [7, 11) is 0. The number of ether oxygens (including phenoxy) is 1. The molecule has 0 aliphatic carbocycles. The predicted molar refractivity (Wildman–Crippen MR) is 80.5 cm³/mol. The Balaban J connectivity index is 2.24. The van der Waals surface area contributed by atoms with E-state index in [1.165, 1.54) is 12.7 Å². The largest absolute Gasteiger partial charge is 0.467 e. The summed E-state index contributed by atoms with van der Waals surface area (Å²) in [6.07, 6.45) is 2.86. The topological polar surface area (TPSA) is 39.9 Å². The normalized spacial score (nSPS) is 13.2. The molecule has 2 aromatic rings. The van der Waals surface area contributed by atoms with Gasteiger partial charge < -0.3 is 4.74 Å². The van der Waals surface area contributed by atoms with Crippen LogP contribution in [-0.2, 0) is 0 Å². The predicted octanol–water partition coefficient (Wildman–Crippen LogP) is 4.55. The lowest BCUT2D eigenvalue weighted by Gasteiger charge is -2.27. The van der Waals surface area contributed by atoms with E-state index < -0.39 is 18.3 Å². The molecule has 114 valence electrons. The summed E-state index contributed by atoms with van der Waals surface area (Å²) in [5.41, 5.74) is -0.546. The minimum absolute atomic E-state index is 0.394. The molecule has 1 heterocycles. The molecule has 4 nitrogen and oxygen atoms in total. The fraction of sp³-hybridized carbons (Fsp3) is 0.429. The second-order valence-electron chi connectivity index (χ2n) is 5.52. The molecule has 0 aliphatic heterocycles.